The van der Waals surface area contributed by atoms with Crippen molar-refractivity contribution in [3.63, 3.8) is 0 Å². The van der Waals surface area contributed by atoms with Crippen LogP contribution in [0.2, 0.25) is 0 Å². The quantitative estimate of drug-likeness (QED) is 0.922. The molecule has 0 saturated heterocycles. The standard InChI is InChI=1S/C11H10BrNO3S2/c1-16-9-5-3-2-4-8(9)13-18(14,15)11-7-6-10(12)17-11/h2-7,13H,1H3. The summed E-state index contributed by atoms with van der Waals surface area (Å²) in [6.07, 6.45) is 0. The third-order valence-corrected chi connectivity index (χ3v) is 5.65. The van der Waals surface area contributed by atoms with Gasteiger partial charge in [0.15, 0.2) is 0 Å². The van der Waals surface area contributed by atoms with Gasteiger partial charge in [0.2, 0.25) is 0 Å². The Morgan fingerprint density at radius 3 is 2.56 bits per heavy atom. The highest BCUT2D eigenvalue weighted by Gasteiger charge is 2.18. The van der Waals surface area contributed by atoms with Crippen molar-refractivity contribution < 1.29 is 13.2 Å². The highest BCUT2D eigenvalue weighted by molar-refractivity contribution is 9.11. The summed E-state index contributed by atoms with van der Waals surface area (Å²) < 4.78 is 32.8. The van der Waals surface area contributed by atoms with Crippen molar-refractivity contribution in [1.82, 2.24) is 0 Å². The molecule has 0 fully saturated rings. The fraction of sp³-hybridized carbons (Fsp3) is 0.0909. The first-order chi connectivity index (χ1) is 8.53. The van der Waals surface area contributed by atoms with Gasteiger partial charge in [-0.3, -0.25) is 4.72 Å². The average molecular weight is 348 g/mol. The van der Waals surface area contributed by atoms with Crippen LogP contribution in [0.5, 0.6) is 5.75 Å². The Kier molecular flexibility index (Phi) is 3.94. The molecule has 0 amide bonds. The molecule has 1 N–H and O–H groups in total. The maximum atomic E-state index is 12.1. The van der Waals surface area contributed by atoms with E-state index in [1.54, 1.807) is 36.4 Å². The van der Waals surface area contributed by atoms with Gasteiger partial charge in [-0.05, 0) is 40.2 Å². The zero-order valence-electron chi connectivity index (χ0n) is 9.38. The van der Waals surface area contributed by atoms with E-state index in [4.69, 9.17) is 4.74 Å². The molecule has 0 atom stereocenters. The predicted molar refractivity (Wildman–Crippen MR) is 75.8 cm³/mol. The number of ether oxygens (including phenoxy) is 1. The van der Waals surface area contributed by atoms with E-state index in [-0.39, 0.29) is 4.21 Å². The third-order valence-electron chi connectivity index (χ3n) is 2.16. The normalized spacial score (nSPS) is 11.2. The first-order valence-corrected chi connectivity index (χ1v) is 8.03. The number of sulfonamides is 1. The van der Waals surface area contributed by atoms with Gasteiger partial charge in [0.05, 0.1) is 16.6 Å². The topological polar surface area (TPSA) is 55.4 Å². The largest absolute Gasteiger partial charge is 0.495 e. The summed E-state index contributed by atoms with van der Waals surface area (Å²) in [5.41, 5.74) is 0.421. The Hall–Kier alpha value is -1.05. The minimum absolute atomic E-state index is 0.250. The molecular weight excluding hydrogens is 338 g/mol. The molecule has 2 rings (SSSR count). The molecule has 0 bridgehead atoms. The number of para-hydroxylation sites is 2. The van der Waals surface area contributed by atoms with Crippen molar-refractivity contribution in [2.24, 2.45) is 0 Å². The summed E-state index contributed by atoms with van der Waals surface area (Å²) in [7, 11) is -2.07. The molecule has 7 heteroatoms. The molecule has 18 heavy (non-hydrogen) atoms. The van der Waals surface area contributed by atoms with E-state index in [0.29, 0.717) is 11.4 Å². The Morgan fingerprint density at radius 1 is 1.22 bits per heavy atom. The third kappa shape index (κ3) is 2.85. The average Bonchev–Trinajstić information content (AvgIpc) is 2.77. The summed E-state index contributed by atoms with van der Waals surface area (Å²) in [5, 5.41) is 0. The Labute approximate surface area is 118 Å². The zero-order chi connectivity index (χ0) is 13.2. The second-order valence-electron chi connectivity index (χ2n) is 3.36. The summed E-state index contributed by atoms with van der Waals surface area (Å²) in [6.45, 7) is 0. The molecule has 1 aromatic heterocycles. The minimum Gasteiger partial charge on any atom is -0.495 e. The van der Waals surface area contributed by atoms with E-state index < -0.39 is 10.0 Å². The van der Waals surface area contributed by atoms with E-state index in [9.17, 15) is 8.42 Å². The monoisotopic (exact) mass is 347 g/mol. The van der Waals surface area contributed by atoms with Gasteiger partial charge in [0.25, 0.3) is 10.0 Å². The van der Waals surface area contributed by atoms with Crippen molar-refractivity contribution in [1.29, 1.82) is 0 Å². The summed E-state index contributed by atoms with van der Waals surface area (Å²) in [5.74, 6) is 0.483. The Morgan fingerprint density at radius 2 is 1.94 bits per heavy atom. The molecule has 0 unspecified atom stereocenters. The highest BCUT2D eigenvalue weighted by Crippen LogP contribution is 2.30. The molecule has 4 nitrogen and oxygen atoms in total. The lowest BCUT2D eigenvalue weighted by atomic mass is 10.3. The van der Waals surface area contributed by atoms with Crippen LogP contribution in [0.1, 0.15) is 0 Å². The molecule has 0 aliphatic carbocycles. The zero-order valence-corrected chi connectivity index (χ0v) is 12.6. The lowest BCUT2D eigenvalue weighted by Gasteiger charge is -2.10. The molecular formula is C11H10BrNO3S2. The van der Waals surface area contributed by atoms with Crippen LogP contribution in [-0.4, -0.2) is 15.5 Å². The predicted octanol–water partition coefficient (Wildman–Crippen LogP) is 3.32. The van der Waals surface area contributed by atoms with E-state index >= 15 is 0 Å². The summed E-state index contributed by atoms with van der Waals surface area (Å²) in [4.78, 5) is 0. The van der Waals surface area contributed by atoms with E-state index in [0.717, 1.165) is 15.1 Å². The lowest BCUT2D eigenvalue weighted by Crippen LogP contribution is -2.12. The second-order valence-corrected chi connectivity index (χ2v) is 7.74. The van der Waals surface area contributed by atoms with Crippen LogP contribution in [0.25, 0.3) is 0 Å². The van der Waals surface area contributed by atoms with Crippen molar-refractivity contribution in [2.45, 2.75) is 4.21 Å². The number of benzene rings is 1. The van der Waals surface area contributed by atoms with Gasteiger partial charge < -0.3 is 4.74 Å². The number of methoxy groups -OCH3 is 1. The smallest absolute Gasteiger partial charge is 0.271 e. The van der Waals surface area contributed by atoms with E-state index in [1.807, 2.05) is 0 Å². The summed E-state index contributed by atoms with van der Waals surface area (Å²) >= 11 is 4.39. The number of halogens is 1. The van der Waals surface area contributed by atoms with Crippen molar-refractivity contribution >= 4 is 43.0 Å². The van der Waals surface area contributed by atoms with Crippen LogP contribution in [0.15, 0.2) is 44.4 Å². The lowest BCUT2D eigenvalue weighted by molar-refractivity contribution is 0.417. The first kappa shape index (κ1) is 13.4. The Bertz CT molecular complexity index is 652. The van der Waals surface area contributed by atoms with E-state index in [2.05, 4.69) is 20.7 Å². The number of nitrogens with one attached hydrogen (secondary N) is 1. The number of anilines is 1. The van der Waals surface area contributed by atoms with Gasteiger partial charge in [-0.25, -0.2) is 8.42 Å². The van der Waals surface area contributed by atoms with Gasteiger partial charge in [-0.1, -0.05) is 12.1 Å². The van der Waals surface area contributed by atoms with Crippen LogP contribution in [0.4, 0.5) is 5.69 Å². The molecule has 0 aliphatic heterocycles. The molecule has 1 aromatic carbocycles. The highest BCUT2D eigenvalue weighted by atomic mass is 79.9. The van der Waals surface area contributed by atoms with Crippen molar-refractivity contribution in [3.8, 4) is 5.75 Å². The van der Waals surface area contributed by atoms with E-state index in [1.165, 1.54) is 7.11 Å². The van der Waals surface area contributed by atoms with Crippen LogP contribution in [-0.2, 0) is 10.0 Å². The SMILES string of the molecule is COc1ccccc1NS(=O)(=O)c1ccc(Br)s1. The van der Waals surface area contributed by atoms with Gasteiger partial charge in [0.1, 0.15) is 9.96 Å². The fourth-order valence-electron chi connectivity index (χ4n) is 1.37. The van der Waals surface area contributed by atoms with Gasteiger partial charge in [-0.15, -0.1) is 11.3 Å². The molecule has 0 spiro atoms. The molecule has 96 valence electrons. The molecule has 1 heterocycles. The number of hydrogen-bond donors (Lipinski definition) is 1. The maximum absolute atomic E-state index is 12.1. The van der Waals surface area contributed by atoms with Crippen LogP contribution < -0.4 is 9.46 Å². The van der Waals surface area contributed by atoms with Gasteiger partial charge in [-0.2, -0.15) is 0 Å². The number of hydrogen-bond acceptors (Lipinski definition) is 4. The number of thiophene rings is 1. The molecule has 2 aromatic rings. The maximum Gasteiger partial charge on any atom is 0.271 e. The second kappa shape index (κ2) is 5.29. The summed E-state index contributed by atoms with van der Waals surface area (Å²) in [6, 6.07) is 10.1. The van der Waals surface area contributed by atoms with Crippen LogP contribution >= 0.6 is 27.3 Å². The fourth-order valence-corrected chi connectivity index (χ4v) is 4.45. The minimum atomic E-state index is -3.57. The Balaban J connectivity index is 2.33. The van der Waals surface area contributed by atoms with Crippen LogP contribution in [0.3, 0.4) is 0 Å². The van der Waals surface area contributed by atoms with Crippen LogP contribution in [0, 0.1) is 0 Å². The van der Waals surface area contributed by atoms with Crippen molar-refractivity contribution in [3.05, 3.63) is 40.2 Å². The van der Waals surface area contributed by atoms with Gasteiger partial charge >= 0.3 is 0 Å². The molecule has 0 saturated carbocycles. The molecule has 0 radical (unpaired) electrons. The first-order valence-electron chi connectivity index (χ1n) is 4.94. The number of rotatable bonds is 4. The van der Waals surface area contributed by atoms with Crippen molar-refractivity contribution in [2.75, 3.05) is 11.8 Å². The molecule has 0 aliphatic rings. The van der Waals surface area contributed by atoms with Gasteiger partial charge in [0, 0.05) is 0 Å².